The zero-order chi connectivity index (χ0) is 29.1. The van der Waals surface area contributed by atoms with Gasteiger partial charge in [-0.25, -0.2) is 0 Å². The van der Waals surface area contributed by atoms with E-state index < -0.39 is 0 Å². The maximum absolute atomic E-state index is 14.0. The molecule has 0 saturated heterocycles. The molecule has 0 fully saturated rings. The first-order valence-corrected chi connectivity index (χ1v) is 17.1. The molecule has 1 aliphatic rings. The summed E-state index contributed by atoms with van der Waals surface area (Å²) >= 11 is 11.1. The van der Waals surface area contributed by atoms with Gasteiger partial charge in [0.25, 0.3) is 17.4 Å². The number of pyridine rings is 1. The van der Waals surface area contributed by atoms with Crippen molar-refractivity contribution < 1.29 is 9.59 Å². The van der Waals surface area contributed by atoms with E-state index in [0.717, 1.165) is 53.9 Å². The Bertz CT molecular complexity index is 1470. The van der Waals surface area contributed by atoms with E-state index in [1.54, 1.807) is 4.57 Å². The zero-order valence-electron chi connectivity index (χ0n) is 23.9. The van der Waals surface area contributed by atoms with Crippen LogP contribution in [0.25, 0.3) is 28.1 Å². The molecular formula is C32H39Br3N2O3. The lowest BCUT2D eigenvalue weighted by Crippen LogP contribution is -2.42. The normalized spacial score (nSPS) is 13.4. The van der Waals surface area contributed by atoms with Crippen molar-refractivity contribution in [1.82, 2.24) is 9.47 Å². The van der Waals surface area contributed by atoms with Gasteiger partial charge in [-0.3, -0.25) is 19.3 Å². The van der Waals surface area contributed by atoms with Crippen molar-refractivity contribution in [3.05, 3.63) is 45.8 Å². The number of amides is 2. The number of hydrogen-bond donors (Lipinski definition) is 0. The Morgan fingerprint density at radius 1 is 0.600 bits per heavy atom. The van der Waals surface area contributed by atoms with Gasteiger partial charge in [-0.05, 0) is 73.1 Å². The number of hydrogen-bond acceptors (Lipinski definition) is 3. The van der Waals surface area contributed by atoms with Crippen LogP contribution < -0.4 is 10.9 Å². The van der Waals surface area contributed by atoms with E-state index in [2.05, 4.69) is 68.2 Å². The van der Waals surface area contributed by atoms with Crippen LogP contribution in [-0.2, 0) is 6.54 Å². The van der Waals surface area contributed by atoms with Crippen LogP contribution in [0.4, 0.5) is 0 Å². The van der Waals surface area contributed by atoms with Crippen LogP contribution in [0, 0.1) is 6.92 Å². The molecule has 0 atom stereocenters. The van der Waals surface area contributed by atoms with Crippen LogP contribution in [0.3, 0.4) is 0 Å². The molecular weight excluding hydrogens is 700 g/mol. The topological polar surface area (TPSA) is 59.4 Å². The zero-order valence-corrected chi connectivity index (χ0v) is 28.6. The number of carbonyl (C=O) groups excluding carboxylic acids is 2. The predicted molar refractivity (Wildman–Crippen MR) is 176 cm³/mol. The fourth-order valence-corrected chi connectivity index (χ4v) is 7.78. The quantitative estimate of drug-likeness (QED) is 0.122. The van der Waals surface area contributed by atoms with Crippen molar-refractivity contribution in [2.45, 2.75) is 104 Å². The van der Waals surface area contributed by atoms with Gasteiger partial charge in [0.1, 0.15) is 0 Å². The van der Waals surface area contributed by atoms with Gasteiger partial charge in [-0.1, -0.05) is 84.6 Å². The largest absolute Gasteiger partial charge is 0.308 e. The molecule has 2 aromatic carbocycles. The lowest BCUT2D eigenvalue weighted by Gasteiger charge is -2.31. The molecule has 0 spiro atoms. The molecule has 0 N–H and O–H groups in total. The van der Waals surface area contributed by atoms with Gasteiger partial charge in [0.05, 0.1) is 16.5 Å². The highest BCUT2D eigenvalue weighted by Crippen LogP contribution is 2.46. The number of imide groups is 1. The van der Waals surface area contributed by atoms with Crippen LogP contribution >= 0.6 is 47.8 Å². The molecule has 1 aromatic heterocycles. The van der Waals surface area contributed by atoms with Crippen LogP contribution in [0.2, 0.25) is 0 Å². The van der Waals surface area contributed by atoms with Gasteiger partial charge in [-0.15, -0.1) is 0 Å². The van der Waals surface area contributed by atoms with Gasteiger partial charge >= 0.3 is 0 Å². The van der Waals surface area contributed by atoms with Crippen molar-refractivity contribution in [2.24, 2.45) is 0 Å². The molecule has 8 heteroatoms. The third kappa shape index (κ3) is 5.61. The van der Waals surface area contributed by atoms with Crippen molar-refractivity contribution in [1.29, 1.82) is 0 Å². The molecule has 0 saturated carbocycles. The smallest absolute Gasteiger partial charge is 0.262 e. The highest BCUT2D eigenvalue weighted by atomic mass is 79.9. The molecule has 0 aliphatic carbocycles. The Morgan fingerprint density at radius 3 is 1.73 bits per heavy atom. The fourth-order valence-electron chi connectivity index (χ4n) is 6.02. The van der Waals surface area contributed by atoms with E-state index in [4.69, 9.17) is 0 Å². The summed E-state index contributed by atoms with van der Waals surface area (Å²) in [5, 5.41) is 3.07. The molecule has 0 unspecified atom stereocenters. The average Bonchev–Trinajstić information content (AvgIpc) is 2.92. The first kappa shape index (κ1) is 31.4. The molecule has 2 heterocycles. The number of aromatic nitrogens is 1. The SMILES string of the molecule is C=c1c2c(Br)c(C)c3c4c(c(Br)c(Br)c(c(=O)n1CCCCCCCC)c42)C(=O)N(CCCCCCCC)C3=O. The number of nitrogens with zero attached hydrogens (tertiary/aromatic N) is 2. The fraction of sp³-hybridized carbons (Fsp3) is 0.531. The molecule has 5 nitrogen and oxygen atoms in total. The van der Waals surface area contributed by atoms with Gasteiger partial charge in [0, 0.05) is 48.0 Å². The van der Waals surface area contributed by atoms with Crippen LogP contribution in [0.15, 0.2) is 18.2 Å². The predicted octanol–water partition coefficient (Wildman–Crippen LogP) is 9.20. The number of unbranched alkanes of at least 4 members (excludes halogenated alkanes) is 10. The standard InChI is InChI=1S/C32H39Br3N2O3/c1-5-7-9-11-13-15-17-36-20(4)22-24-23-21(19(3)27(22)33)30(38)37(18-16-14-12-10-8-6-2)32(40)25(23)28(34)29(35)26(24)31(36)39/h4-18H2,1-3H3. The summed E-state index contributed by atoms with van der Waals surface area (Å²) in [6.07, 6.45) is 13.1. The molecule has 40 heavy (non-hydrogen) atoms. The summed E-state index contributed by atoms with van der Waals surface area (Å²) in [5.74, 6) is -0.603. The second-order valence-corrected chi connectivity index (χ2v) is 13.4. The van der Waals surface area contributed by atoms with Crippen molar-refractivity contribution in [2.75, 3.05) is 6.54 Å². The van der Waals surface area contributed by atoms with E-state index in [1.807, 2.05) is 6.92 Å². The van der Waals surface area contributed by atoms with E-state index in [-0.39, 0.29) is 17.4 Å². The highest BCUT2D eigenvalue weighted by molar-refractivity contribution is 9.13. The molecule has 3 aromatic rings. The lowest BCUT2D eigenvalue weighted by molar-refractivity contribution is 0.0606. The summed E-state index contributed by atoms with van der Waals surface area (Å²) in [4.78, 5) is 43.1. The Hall–Kier alpha value is -1.51. The first-order valence-electron chi connectivity index (χ1n) is 14.7. The van der Waals surface area contributed by atoms with E-state index in [0.29, 0.717) is 54.7 Å². The van der Waals surface area contributed by atoms with E-state index in [1.165, 1.54) is 43.4 Å². The summed E-state index contributed by atoms with van der Waals surface area (Å²) in [7, 11) is 0. The van der Waals surface area contributed by atoms with Crippen molar-refractivity contribution >= 4 is 87.7 Å². The van der Waals surface area contributed by atoms with Gasteiger partial charge in [0.15, 0.2) is 0 Å². The Morgan fingerprint density at radius 2 is 1.12 bits per heavy atom. The molecule has 0 radical (unpaired) electrons. The summed E-state index contributed by atoms with van der Waals surface area (Å²) < 4.78 is 3.59. The average molecular weight is 739 g/mol. The van der Waals surface area contributed by atoms with E-state index >= 15 is 0 Å². The van der Waals surface area contributed by atoms with Crippen LogP contribution in [-0.4, -0.2) is 27.8 Å². The number of rotatable bonds is 14. The van der Waals surface area contributed by atoms with Crippen molar-refractivity contribution in [3.8, 4) is 0 Å². The first-order chi connectivity index (χ1) is 19.2. The van der Waals surface area contributed by atoms with Crippen LogP contribution in [0.5, 0.6) is 0 Å². The summed E-state index contributed by atoms with van der Waals surface area (Å²) in [6, 6.07) is 0. The molecule has 4 rings (SSSR count). The maximum atomic E-state index is 14.0. The Labute approximate surface area is 262 Å². The second-order valence-electron chi connectivity index (χ2n) is 11.0. The number of benzene rings is 2. The van der Waals surface area contributed by atoms with Gasteiger partial charge in [-0.2, -0.15) is 0 Å². The summed E-state index contributed by atoms with van der Waals surface area (Å²) in [6.45, 7) is 11.6. The van der Waals surface area contributed by atoms with Crippen LogP contribution in [0.1, 0.15) is 117 Å². The second kappa shape index (κ2) is 13.6. The molecule has 2 amide bonds. The minimum absolute atomic E-state index is 0.152. The summed E-state index contributed by atoms with van der Waals surface area (Å²) in [5.41, 5.74) is 1.55. The number of carbonyl (C=O) groups is 2. The molecule has 216 valence electrons. The van der Waals surface area contributed by atoms with E-state index in [9.17, 15) is 14.4 Å². The minimum atomic E-state index is -0.314. The minimum Gasteiger partial charge on any atom is -0.308 e. The monoisotopic (exact) mass is 736 g/mol. The third-order valence-corrected chi connectivity index (χ3v) is 11.4. The van der Waals surface area contributed by atoms with Crippen molar-refractivity contribution in [3.63, 3.8) is 0 Å². The maximum Gasteiger partial charge on any atom is 0.262 e. The lowest BCUT2D eigenvalue weighted by atomic mass is 9.87. The Balaban J connectivity index is 1.83. The van der Waals surface area contributed by atoms with Gasteiger partial charge in [0.2, 0.25) is 0 Å². The molecule has 1 aliphatic heterocycles. The highest BCUT2D eigenvalue weighted by Gasteiger charge is 2.39. The number of halogens is 3. The molecule has 0 bridgehead atoms. The van der Waals surface area contributed by atoms with Gasteiger partial charge < -0.3 is 4.57 Å². The Kier molecular flexibility index (Phi) is 10.7. The third-order valence-electron chi connectivity index (χ3n) is 8.27.